The molecule has 2 aliphatic heterocycles. The van der Waals surface area contributed by atoms with Crippen molar-refractivity contribution >= 4 is 38.6 Å². The lowest BCUT2D eigenvalue weighted by Crippen LogP contribution is -2.55. The molecule has 2 saturated heterocycles. The molecule has 3 N–H and O–H groups in total. The number of amidine groups is 1. The number of para-hydroxylation sites is 1. The fourth-order valence-corrected chi connectivity index (χ4v) is 8.76. The largest absolute Gasteiger partial charge is 0.496 e. The highest BCUT2D eigenvalue weighted by molar-refractivity contribution is 7.89. The summed E-state index contributed by atoms with van der Waals surface area (Å²) in [5.41, 5.74) is 9.53. The van der Waals surface area contributed by atoms with Crippen molar-refractivity contribution in [3.8, 4) is 17.2 Å². The predicted octanol–water partition coefficient (Wildman–Crippen LogP) is 3.68. The van der Waals surface area contributed by atoms with E-state index in [9.17, 15) is 18.0 Å². The average Bonchev–Trinajstić information content (AvgIpc) is 3.67. The molecule has 15 heteroatoms. The van der Waals surface area contributed by atoms with E-state index in [1.807, 2.05) is 38.1 Å². The van der Waals surface area contributed by atoms with Crippen molar-refractivity contribution in [2.45, 2.75) is 44.2 Å². The molecule has 4 aromatic rings. The number of methoxy groups -OCH3 is 2. The molecule has 0 saturated carbocycles. The van der Waals surface area contributed by atoms with Crippen LogP contribution in [-0.2, 0) is 21.4 Å². The number of ether oxygens (including phenoxy) is 3. The van der Waals surface area contributed by atoms with Crippen molar-refractivity contribution in [2.24, 2.45) is 10.9 Å². The Hall–Kier alpha value is -5.41. The van der Waals surface area contributed by atoms with Gasteiger partial charge in [-0.05, 0) is 68.7 Å². The monoisotopic (exact) mass is 730 g/mol. The highest BCUT2D eigenvalue weighted by atomic mass is 32.2. The first kappa shape index (κ1) is 36.4. The number of hydrogen-bond donors (Lipinski definition) is 2. The lowest BCUT2D eigenvalue weighted by molar-refractivity contribution is -0.136. The summed E-state index contributed by atoms with van der Waals surface area (Å²) in [6, 6.07) is 16.1. The van der Waals surface area contributed by atoms with E-state index in [0.717, 1.165) is 16.6 Å². The zero-order valence-corrected chi connectivity index (χ0v) is 30.4. The van der Waals surface area contributed by atoms with Crippen molar-refractivity contribution in [3.05, 3.63) is 88.6 Å². The second-order valence-electron chi connectivity index (χ2n) is 12.8. The highest BCUT2D eigenvalue weighted by Crippen LogP contribution is 2.39. The molecule has 2 amide bonds. The predicted molar refractivity (Wildman–Crippen MR) is 193 cm³/mol. The van der Waals surface area contributed by atoms with Gasteiger partial charge in [0.25, 0.3) is 5.91 Å². The molecular formula is C37H42N6O8S. The fraction of sp³-hybridized carbons (Fsp3) is 0.351. The number of rotatable bonds is 10. The maximum absolute atomic E-state index is 14.4. The molecule has 3 aromatic carbocycles. The zero-order chi connectivity index (χ0) is 37.2. The number of nitrogens with two attached hydrogens (primary N) is 1. The lowest BCUT2D eigenvalue weighted by Gasteiger charge is -2.37. The number of aromatic nitrogens is 1. The molecular weight excluding hydrogens is 689 g/mol. The Bertz CT molecular complexity index is 2130. The second kappa shape index (κ2) is 15.1. The van der Waals surface area contributed by atoms with Crippen LogP contribution in [0.2, 0.25) is 0 Å². The van der Waals surface area contributed by atoms with Crippen LogP contribution in [0, 0.1) is 13.8 Å². The van der Waals surface area contributed by atoms with Crippen LogP contribution in [0.5, 0.6) is 17.2 Å². The Balaban J connectivity index is 1.19. The minimum atomic E-state index is -4.22. The van der Waals surface area contributed by atoms with Crippen molar-refractivity contribution in [1.29, 1.82) is 0 Å². The number of carbonyl (C=O) groups is 2. The maximum atomic E-state index is 14.4. The van der Waals surface area contributed by atoms with Gasteiger partial charge in [-0.1, -0.05) is 29.4 Å². The third-order valence-corrected chi connectivity index (χ3v) is 11.5. The molecule has 3 heterocycles. The minimum Gasteiger partial charge on any atom is -0.496 e. The number of sulfonamides is 1. The molecule has 0 bridgehead atoms. The normalized spacial score (nSPS) is 17.0. The van der Waals surface area contributed by atoms with E-state index in [2.05, 4.69) is 10.1 Å². The molecule has 274 valence electrons. The Kier molecular flexibility index (Phi) is 10.5. The van der Waals surface area contributed by atoms with Crippen molar-refractivity contribution in [3.63, 3.8) is 0 Å². The first-order valence-corrected chi connectivity index (χ1v) is 18.3. The van der Waals surface area contributed by atoms with Gasteiger partial charge in [0.15, 0.2) is 5.84 Å². The van der Waals surface area contributed by atoms with Crippen LogP contribution in [0.4, 0.5) is 0 Å². The number of fused-ring (bicyclic) bond motifs is 1. The summed E-state index contributed by atoms with van der Waals surface area (Å²) >= 11 is 0. The third-order valence-electron chi connectivity index (χ3n) is 9.60. The van der Waals surface area contributed by atoms with E-state index in [0.29, 0.717) is 46.5 Å². The number of carbonyl (C=O) groups excluding carboxylic acids is 2. The summed E-state index contributed by atoms with van der Waals surface area (Å²) in [7, 11) is -1.34. The SMILES string of the molecule is COc1ccc(S(=O)(=O)N2CCC[C@H]2C(=O)N2CCN(C(=O)c3ccc(C(N)=NO)cc3)CC2)c(OC)c1COc1cccc2c(C)cc(C)nc12. The van der Waals surface area contributed by atoms with Crippen LogP contribution in [0.15, 0.2) is 70.7 Å². The van der Waals surface area contributed by atoms with Crippen LogP contribution in [0.3, 0.4) is 0 Å². The van der Waals surface area contributed by atoms with Gasteiger partial charge in [-0.25, -0.2) is 13.4 Å². The number of pyridine rings is 1. The number of hydrogen-bond acceptors (Lipinski definition) is 10. The van der Waals surface area contributed by atoms with Crippen molar-refractivity contribution < 1.29 is 37.4 Å². The van der Waals surface area contributed by atoms with Crippen LogP contribution in [-0.4, -0.2) is 103 Å². The van der Waals surface area contributed by atoms with Gasteiger partial charge in [-0.15, -0.1) is 0 Å². The van der Waals surface area contributed by atoms with Gasteiger partial charge in [-0.2, -0.15) is 4.31 Å². The van der Waals surface area contributed by atoms with Gasteiger partial charge in [0.2, 0.25) is 15.9 Å². The van der Waals surface area contributed by atoms with Gasteiger partial charge < -0.3 is 35.0 Å². The molecule has 0 radical (unpaired) electrons. The van der Waals surface area contributed by atoms with E-state index in [4.69, 9.17) is 25.2 Å². The Morgan fingerprint density at radius 1 is 0.923 bits per heavy atom. The molecule has 1 aromatic heterocycles. The summed E-state index contributed by atoms with van der Waals surface area (Å²) in [4.78, 5) is 34.9. The minimum absolute atomic E-state index is 0.0613. The molecule has 1 atom stereocenters. The Labute approximate surface area is 302 Å². The average molecular weight is 731 g/mol. The second-order valence-corrected chi connectivity index (χ2v) is 14.6. The quantitative estimate of drug-likeness (QED) is 0.106. The molecule has 6 rings (SSSR count). The maximum Gasteiger partial charge on any atom is 0.253 e. The van der Waals surface area contributed by atoms with Crippen LogP contribution >= 0.6 is 0 Å². The van der Waals surface area contributed by atoms with Gasteiger partial charge in [0, 0.05) is 54.9 Å². The highest BCUT2D eigenvalue weighted by Gasteiger charge is 2.43. The smallest absolute Gasteiger partial charge is 0.253 e. The van der Waals surface area contributed by atoms with E-state index in [1.54, 1.807) is 40.1 Å². The zero-order valence-electron chi connectivity index (χ0n) is 29.5. The van der Waals surface area contributed by atoms with Crippen LogP contribution in [0.1, 0.15) is 45.6 Å². The number of aryl methyl sites for hydroxylation is 2. The van der Waals surface area contributed by atoms with Crippen LogP contribution < -0.4 is 19.9 Å². The fourth-order valence-electron chi connectivity index (χ4n) is 6.93. The third kappa shape index (κ3) is 6.93. The Morgan fingerprint density at radius 2 is 1.62 bits per heavy atom. The molecule has 14 nitrogen and oxygen atoms in total. The summed E-state index contributed by atoms with van der Waals surface area (Å²) < 4.78 is 47.6. The summed E-state index contributed by atoms with van der Waals surface area (Å²) in [6.45, 7) is 5.11. The van der Waals surface area contributed by atoms with E-state index < -0.39 is 16.1 Å². The van der Waals surface area contributed by atoms with E-state index in [-0.39, 0.29) is 67.6 Å². The number of oxime groups is 1. The van der Waals surface area contributed by atoms with E-state index in [1.165, 1.54) is 24.6 Å². The topological polar surface area (TPSA) is 177 Å². The Morgan fingerprint density at radius 3 is 2.29 bits per heavy atom. The lowest BCUT2D eigenvalue weighted by atomic mass is 10.1. The van der Waals surface area contributed by atoms with Gasteiger partial charge >= 0.3 is 0 Å². The van der Waals surface area contributed by atoms with Crippen molar-refractivity contribution in [1.82, 2.24) is 19.1 Å². The van der Waals surface area contributed by atoms with Crippen LogP contribution in [0.25, 0.3) is 10.9 Å². The summed E-state index contributed by atoms with van der Waals surface area (Å²) in [5, 5.41) is 12.8. The molecule has 0 aliphatic carbocycles. The molecule has 2 fully saturated rings. The standard InChI is InChI=1S/C37H42N6O8S/c1-23-21-24(2)39-33-27(23)7-5-9-31(33)51-22-28-30(49-3)14-15-32(34(28)50-4)52(47,48)43-16-6-8-29(43)37(45)42-19-17-41(18-20-42)36(44)26-12-10-25(11-13-26)35(38)40-46/h5,7,9-15,21,29,46H,6,8,16-20,22H2,1-4H3,(H2,38,40)/t29-/m0/s1. The molecule has 0 spiro atoms. The number of benzene rings is 3. The molecule has 52 heavy (non-hydrogen) atoms. The van der Waals surface area contributed by atoms with Gasteiger partial charge in [0.1, 0.15) is 40.3 Å². The summed E-state index contributed by atoms with van der Waals surface area (Å²) in [6.07, 6.45) is 0.877. The van der Waals surface area contributed by atoms with Gasteiger partial charge in [0.05, 0.1) is 19.8 Å². The first-order valence-electron chi connectivity index (χ1n) is 16.9. The number of piperazine rings is 1. The van der Waals surface area contributed by atoms with E-state index >= 15 is 0 Å². The number of amides is 2. The summed E-state index contributed by atoms with van der Waals surface area (Å²) in [5.74, 6) is 0.415. The number of nitrogens with zero attached hydrogens (tertiary/aromatic N) is 5. The molecule has 0 unspecified atom stereocenters. The van der Waals surface area contributed by atoms with Crippen molar-refractivity contribution in [2.75, 3.05) is 46.9 Å². The van der Waals surface area contributed by atoms with Gasteiger partial charge in [-0.3, -0.25) is 9.59 Å². The molecule has 2 aliphatic rings. The first-order chi connectivity index (χ1) is 25.0.